The third kappa shape index (κ3) is 3.88. The van der Waals surface area contributed by atoms with E-state index in [0.717, 1.165) is 5.82 Å². The van der Waals surface area contributed by atoms with Gasteiger partial charge in [0.15, 0.2) is 0 Å². The number of hydrogen-bond donors (Lipinski definition) is 2. The molecule has 5 heteroatoms. The summed E-state index contributed by atoms with van der Waals surface area (Å²) < 4.78 is 18.2. The van der Waals surface area contributed by atoms with Crippen molar-refractivity contribution in [2.45, 2.75) is 6.54 Å². The lowest BCUT2D eigenvalue weighted by Crippen LogP contribution is -2.21. The number of benzene rings is 1. The van der Waals surface area contributed by atoms with Gasteiger partial charge >= 0.3 is 0 Å². The molecule has 0 atom stereocenters. The Labute approximate surface area is 98.8 Å². The Balaban J connectivity index is 1.63. The minimum absolute atomic E-state index is 0.286. The van der Waals surface area contributed by atoms with Gasteiger partial charge in [0, 0.05) is 25.0 Å². The van der Waals surface area contributed by atoms with E-state index in [2.05, 4.69) is 15.3 Å². The van der Waals surface area contributed by atoms with Crippen molar-refractivity contribution in [3.8, 4) is 5.75 Å². The van der Waals surface area contributed by atoms with E-state index in [4.69, 9.17) is 4.74 Å². The fourth-order valence-electron chi connectivity index (χ4n) is 1.40. The SMILES string of the molecule is Fc1cccc(OCCNCc2ncc[nH]2)c1. The number of aromatic nitrogens is 2. The highest BCUT2D eigenvalue weighted by Gasteiger charge is 1.96. The zero-order chi connectivity index (χ0) is 11.9. The van der Waals surface area contributed by atoms with Crippen LogP contribution in [0.2, 0.25) is 0 Å². The number of H-pyrrole nitrogens is 1. The highest BCUT2D eigenvalue weighted by atomic mass is 19.1. The first-order valence-electron chi connectivity index (χ1n) is 5.42. The molecule has 0 unspecified atom stereocenters. The summed E-state index contributed by atoms with van der Waals surface area (Å²) in [6.45, 7) is 1.83. The Bertz CT molecular complexity index is 445. The normalized spacial score (nSPS) is 10.4. The first kappa shape index (κ1) is 11.6. The van der Waals surface area contributed by atoms with Gasteiger partial charge in [-0.15, -0.1) is 0 Å². The Kier molecular flexibility index (Phi) is 4.10. The van der Waals surface area contributed by atoms with Gasteiger partial charge in [-0.25, -0.2) is 9.37 Å². The number of nitrogens with one attached hydrogen (secondary N) is 2. The second-order valence-electron chi connectivity index (χ2n) is 3.52. The van der Waals surface area contributed by atoms with Crippen molar-refractivity contribution < 1.29 is 9.13 Å². The van der Waals surface area contributed by atoms with Crippen LogP contribution in [0.4, 0.5) is 4.39 Å². The van der Waals surface area contributed by atoms with Gasteiger partial charge in [-0.1, -0.05) is 6.07 Å². The molecular weight excluding hydrogens is 221 g/mol. The van der Waals surface area contributed by atoms with E-state index < -0.39 is 0 Å². The molecule has 1 aromatic carbocycles. The third-order valence-electron chi connectivity index (χ3n) is 2.19. The second-order valence-corrected chi connectivity index (χ2v) is 3.52. The Morgan fingerprint density at radius 2 is 2.35 bits per heavy atom. The quantitative estimate of drug-likeness (QED) is 0.749. The zero-order valence-electron chi connectivity index (χ0n) is 9.32. The molecule has 0 spiro atoms. The third-order valence-corrected chi connectivity index (χ3v) is 2.19. The van der Waals surface area contributed by atoms with Crippen LogP contribution in [-0.2, 0) is 6.54 Å². The summed E-state index contributed by atoms with van der Waals surface area (Å²) >= 11 is 0. The van der Waals surface area contributed by atoms with Gasteiger partial charge in [-0.2, -0.15) is 0 Å². The number of aromatic amines is 1. The number of imidazole rings is 1. The van der Waals surface area contributed by atoms with Crippen molar-refractivity contribution in [2.75, 3.05) is 13.2 Å². The molecule has 17 heavy (non-hydrogen) atoms. The summed E-state index contributed by atoms with van der Waals surface area (Å²) in [5.74, 6) is 1.14. The number of hydrogen-bond acceptors (Lipinski definition) is 3. The minimum atomic E-state index is -0.286. The molecule has 1 aromatic heterocycles. The molecule has 0 amide bonds. The number of halogens is 1. The summed E-state index contributed by atoms with van der Waals surface area (Å²) in [6.07, 6.45) is 3.49. The summed E-state index contributed by atoms with van der Waals surface area (Å²) in [5, 5.41) is 3.16. The van der Waals surface area contributed by atoms with Crippen LogP contribution in [-0.4, -0.2) is 23.1 Å². The van der Waals surface area contributed by atoms with Crippen LogP contribution in [0, 0.1) is 5.82 Å². The lowest BCUT2D eigenvalue weighted by atomic mass is 10.3. The standard InChI is InChI=1S/C12H14FN3O/c13-10-2-1-3-11(8-10)17-7-6-14-9-12-15-4-5-16-12/h1-5,8,14H,6-7,9H2,(H,15,16). The van der Waals surface area contributed by atoms with E-state index in [-0.39, 0.29) is 5.82 Å². The molecule has 1 heterocycles. The van der Waals surface area contributed by atoms with Crippen LogP contribution < -0.4 is 10.1 Å². The van der Waals surface area contributed by atoms with Crippen LogP contribution in [0.5, 0.6) is 5.75 Å². The highest BCUT2D eigenvalue weighted by molar-refractivity contribution is 5.22. The van der Waals surface area contributed by atoms with Crippen LogP contribution >= 0.6 is 0 Å². The van der Waals surface area contributed by atoms with Gasteiger partial charge < -0.3 is 15.0 Å². The molecule has 0 radical (unpaired) electrons. The maximum atomic E-state index is 12.8. The van der Waals surface area contributed by atoms with E-state index >= 15 is 0 Å². The second kappa shape index (κ2) is 6.00. The number of ether oxygens (including phenoxy) is 1. The minimum Gasteiger partial charge on any atom is -0.492 e. The summed E-state index contributed by atoms with van der Waals surface area (Å²) in [6, 6.07) is 6.12. The van der Waals surface area contributed by atoms with E-state index in [1.165, 1.54) is 12.1 Å². The van der Waals surface area contributed by atoms with Crippen LogP contribution in [0.1, 0.15) is 5.82 Å². The van der Waals surface area contributed by atoms with Crippen molar-refractivity contribution in [3.63, 3.8) is 0 Å². The highest BCUT2D eigenvalue weighted by Crippen LogP contribution is 2.11. The monoisotopic (exact) mass is 235 g/mol. The Morgan fingerprint density at radius 1 is 1.41 bits per heavy atom. The van der Waals surface area contributed by atoms with Crippen LogP contribution in [0.25, 0.3) is 0 Å². The average Bonchev–Trinajstić information content (AvgIpc) is 2.82. The predicted octanol–water partition coefficient (Wildman–Crippen LogP) is 1.72. The molecule has 0 aliphatic rings. The molecule has 0 aliphatic carbocycles. The zero-order valence-corrected chi connectivity index (χ0v) is 9.32. The van der Waals surface area contributed by atoms with Crippen LogP contribution in [0.3, 0.4) is 0 Å². The maximum Gasteiger partial charge on any atom is 0.126 e. The topological polar surface area (TPSA) is 49.9 Å². The molecule has 2 rings (SSSR count). The van der Waals surface area contributed by atoms with Crippen molar-refractivity contribution in [1.29, 1.82) is 0 Å². The number of rotatable bonds is 6. The fourth-order valence-corrected chi connectivity index (χ4v) is 1.40. The van der Waals surface area contributed by atoms with Gasteiger partial charge in [0.25, 0.3) is 0 Å². The molecular formula is C12H14FN3O. The lowest BCUT2D eigenvalue weighted by molar-refractivity contribution is 0.311. The van der Waals surface area contributed by atoms with Crippen molar-refractivity contribution in [3.05, 3.63) is 48.3 Å². The first-order valence-corrected chi connectivity index (χ1v) is 5.42. The lowest BCUT2D eigenvalue weighted by Gasteiger charge is -2.06. The molecule has 0 saturated heterocycles. The fraction of sp³-hybridized carbons (Fsp3) is 0.250. The average molecular weight is 235 g/mol. The molecule has 2 aromatic rings. The first-order chi connectivity index (χ1) is 8.34. The van der Waals surface area contributed by atoms with Gasteiger partial charge in [0.2, 0.25) is 0 Å². The predicted molar refractivity (Wildman–Crippen MR) is 62.2 cm³/mol. The van der Waals surface area contributed by atoms with E-state index in [1.54, 1.807) is 24.5 Å². The maximum absolute atomic E-state index is 12.8. The Morgan fingerprint density at radius 3 is 3.12 bits per heavy atom. The smallest absolute Gasteiger partial charge is 0.126 e. The molecule has 2 N–H and O–H groups in total. The van der Waals surface area contributed by atoms with Gasteiger partial charge in [-0.3, -0.25) is 0 Å². The molecule has 90 valence electrons. The molecule has 0 bridgehead atoms. The molecule has 0 fully saturated rings. The molecule has 0 aliphatic heterocycles. The molecule has 4 nitrogen and oxygen atoms in total. The largest absolute Gasteiger partial charge is 0.492 e. The number of nitrogens with zero attached hydrogens (tertiary/aromatic N) is 1. The van der Waals surface area contributed by atoms with E-state index in [0.29, 0.717) is 25.4 Å². The summed E-state index contributed by atoms with van der Waals surface area (Å²) in [7, 11) is 0. The summed E-state index contributed by atoms with van der Waals surface area (Å²) in [5.41, 5.74) is 0. The van der Waals surface area contributed by atoms with Crippen molar-refractivity contribution in [1.82, 2.24) is 15.3 Å². The van der Waals surface area contributed by atoms with Crippen molar-refractivity contribution in [2.24, 2.45) is 0 Å². The van der Waals surface area contributed by atoms with Crippen molar-refractivity contribution >= 4 is 0 Å². The van der Waals surface area contributed by atoms with Gasteiger partial charge in [0.05, 0.1) is 6.54 Å². The van der Waals surface area contributed by atoms with E-state index in [1.807, 2.05) is 0 Å². The molecule has 0 saturated carbocycles. The van der Waals surface area contributed by atoms with Gasteiger partial charge in [-0.05, 0) is 12.1 Å². The van der Waals surface area contributed by atoms with Crippen LogP contribution in [0.15, 0.2) is 36.7 Å². The van der Waals surface area contributed by atoms with Gasteiger partial charge in [0.1, 0.15) is 24.0 Å². The Hall–Kier alpha value is -1.88. The summed E-state index contributed by atoms with van der Waals surface area (Å²) in [4.78, 5) is 7.06. The van der Waals surface area contributed by atoms with E-state index in [9.17, 15) is 4.39 Å².